The van der Waals surface area contributed by atoms with Crippen molar-refractivity contribution in [1.82, 2.24) is 14.3 Å². The fourth-order valence-corrected chi connectivity index (χ4v) is 3.14. The minimum atomic E-state index is -0.622. The first-order valence-corrected chi connectivity index (χ1v) is 8.47. The molecule has 0 saturated heterocycles. The summed E-state index contributed by atoms with van der Waals surface area (Å²) in [5, 5.41) is 7.03. The van der Waals surface area contributed by atoms with Crippen LogP contribution in [-0.4, -0.2) is 20.2 Å². The molecule has 0 aliphatic heterocycles. The number of nitrogens with zero attached hydrogens (tertiary/aromatic N) is 3. The van der Waals surface area contributed by atoms with Crippen molar-refractivity contribution in [3.8, 4) is 11.3 Å². The van der Waals surface area contributed by atoms with Gasteiger partial charge in [-0.05, 0) is 19.1 Å². The molecule has 0 atom stereocenters. The summed E-state index contributed by atoms with van der Waals surface area (Å²) in [6.07, 6.45) is 0. The third-order valence-corrected chi connectivity index (χ3v) is 4.69. The van der Waals surface area contributed by atoms with Gasteiger partial charge in [0.2, 0.25) is 0 Å². The lowest BCUT2D eigenvalue weighted by Gasteiger charge is -2.11. The number of halogens is 2. The first kappa shape index (κ1) is 18.9. The molecule has 0 aliphatic carbocycles. The van der Waals surface area contributed by atoms with Crippen LogP contribution in [0.15, 0.2) is 38.4 Å². The SMILES string of the molecule is Cc1onc(-c2c(Cl)cccc2Cl)c1C(=O)Nc1cc(=O)n(C)c(=O)n1C. The molecule has 0 saturated carbocycles. The van der Waals surface area contributed by atoms with Crippen LogP contribution in [0.25, 0.3) is 11.3 Å². The van der Waals surface area contributed by atoms with E-state index in [4.69, 9.17) is 27.7 Å². The van der Waals surface area contributed by atoms with Gasteiger partial charge in [-0.15, -0.1) is 0 Å². The number of aromatic nitrogens is 3. The number of amides is 1. The summed E-state index contributed by atoms with van der Waals surface area (Å²) in [5.41, 5.74) is -0.521. The minimum Gasteiger partial charge on any atom is -0.360 e. The fourth-order valence-electron chi connectivity index (χ4n) is 2.57. The van der Waals surface area contributed by atoms with E-state index in [9.17, 15) is 14.4 Å². The predicted molar refractivity (Wildman–Crippen MR) is 102 cm³/mol. The van der Waals surface area contributed by atoms with Crippen molar-refractivity contribution in [2.24, 2.45) is 14.1 Å². The first-order valence-electron chi connectivity index (χ1n) is 7.71. The highest BCUT2D eigenvalue weighted by Gasteiger charge is 2.25. The minimum absolute atomic E-state index is 0.0323. The highest BCUT2D eigenvalue weighted by molar-refractivity contribution is 6.39. The summed E-state index contributed by atoms with van der Waals surface area (Å²) in [4.78, 5) is 36.7. The molecule has 1 amide bonds. The molecule has 2 aromatic heterocycles. The number of aryl methyl sites for hydroxylation is 1. The van der Waals surface area contributed by atoms with Crippen LogP contribution in [0.2, 0.25) is 10.0 Å². The van der Waals surface area contributed by atoms with Gasteiger partial charge in [0, 0.05) is 25.7 Å². The van der Waals surface area contributed by atoms with Crippen LogP contribution in [0.3, 0.4) is 0 Å². The Labute approximate surface area is 162 Å². The van der Waals surface area contributed by atoms with Crippen molar-refractivity contribution in [1.29, 1.82) is 0 Å². The van der Waals surface area contributed by atoms with Crippen molar-refractivity contribution in [2.75, 3.05) is 5.32 Å². The van der Waals surface area contributed by atoms with E-state index >= 15 is 0 Å². The molecule has 0 fully saturated rings. The zero-order chi connectivity index (χ0) is 19.9. The molecule has 0 aliphatic rings. The monoisotopic (exact) mass is 408 g/mol. The van der Waals surface area contributed by atoms with Crippen LogP contribution >= 0.6 is 23.2 Å². The molecule has 27 heavy (non-hydrogen) atoms. The zero-order valence-corrected chi connectivity index (χ0v) is 16.1. The second-order valence-corrected chi connectivity index (χ2v) is 6.60. The molecule has 0 spiro atoms. The maximum Gasteiger partial charge on any atom is 0.332 e. The molecular weight excluding hydrogens is 395 g/mol. The Morgan fingerprint density at radius 3 is 2.41 bits per heavy atom. The summed E-state index contributed by atoms with van der Waals surface area (Å²) in [7, 11) is 2.78. The highest BCUT2D eigenvalue weighted by atomic mass is 35.5. The third-order valence-electron chi connectivity index (χ3n) is 4.06. The summed E-state index contributed by atoms with van der Waals surface area (Å²) >= 11 is 12.4. The number of hydrogen-bond donors (Lipinski definition) is 1. The van der Waals surface area contributed by atoms with Crippen molar-refractivity contribution in [3.05, 3.63) is 66.5 Å². The van der Waals surface area contributed by atoms with Crippen LogP contribution in [0, 0.1) is 6.92 Å². The Morgan fingerprint density at radius 2 is 1.78 bits per heavy atom. The molecule has 0 bridgehead atoms. The van der Waals surface area contributed by atoms with E-state index in [-0.39, 0.29) is 22.8 Å². The average Bonchev–Trinajstić information content (AvgIpc) is 2.99. The Morgan fingerprint density at radius 1 is 1.15 bits per heavy atom. The highest BCUT2D eigenvalue weighted by Crippen LogP contribution is 2.36. The second-order valence-electron chi connectivity index (χ2n) is 5.78. The number of nitrogens with one attached hydrogen (secondary N) is 1. The Kier molecular flexibility index (Phi) is 4.95. The molecular formula is C17H14Cl2N4O4. The van der Waals surface area contributed by atoms with E-state index in [1.165, 1.54) is 14.1 Å². The van der Waals surface area contributed by atoms with E-state index in [1.807, 2.05) is 0 Å². The number of carbonyl (C=O) groups is 1. The van der Waals surface area contributed by atoms with Crippen molar-refractivity contribution < 1.29 is 9.32 Å². The van der Waals surface area contributed by atoms with E-state index in [2.05, 4.69) is 10.5 Å². The lowest BCUT2D eigenvalue weighted by Crippen LogP contribution is -2.38. The van der Waals surface area contributed by atoms with Crippen molar-refractivity contribution in [2.45, 2.75) is 6.92 Å². The smallest absolute Gasteiger partial charge is 0.332 e. The lowest BCUT2D eigenvalue weighted by molar-refractivity contribution is 0.102. The van der Waals surface area contributed by atoms with Crippen LogP contribution in [0.1, 0.15) is 16.1 Å². The third kappa shape index (κ3) is 3.29. The van der Waals surface area contributed by atoms with Gasteiger partial charge in [-0.1, -0.05) is 34.4 Å². The largest absolute Gasteiger partial charge is 0.360 e. The van der Waals surface area contributed by atoms with Gasteiger partial charge in [-0.25, -0.2) is 4.79 Å². The van der Waals surface area contributed by atoms with Crippen LogP contribution < -0.4 is 16.6 Å². The number of hydrogen-bond acceptors (Lipinski definition) is 5. The normalized spacial score (nSPS) is 10.9. The van der Waals surface area contributed by atoms with Crippen molar-refractivity contribution >= 4 is 34.9 Å². The maximum atomic E-state index is 12.9. The van der Waals surface area contributed by atoms with Gasteiger partial charge in [0.25, 0.3) is 11.5 Å². The Balaban J connectivity index is 2.09. The van der Waals surface area contributed by atoms with Gasteiger partial charge in [0.05, 0.1) is 10.0 Å². The summed E-state index contributed by atoms with van der Waals surface area (Å²) in [6.45, 7) is 1.55. The number of rotatable bonds is 3. The van der Waals surface area contributed by atoms with Gasteiger partial charge in [0.1, 0.15) is 22.8 Å². The van der Waals surface area contributed by atoms with E-state index in [0.29, 0.717) is 15.6 Å². The number of anilines is 1. The Hall–Kier alpha value is -2.84. The molecule has 3 rings (SSSR count). The van der Waals surface area contributed by atoms with Gasteiger partial charge >= 0.3 is 5.69 Å². The molecule has 8 nitrogen and oxygen atoms in total. The van der Waals surface area contributed by atoms with Gasteiger partial charge < -0.3 is 9.84 Å². The Bertz CT molecular complexity index is 1160. The summed E-state index contributed by atoms with van der Waals surface area (Å²) < 4.78 is 7.22. The quantitative estimate of drug-likeness (QED) is 0.717. The molecule has 140 valence electrons. The average molecular weight is 409 g/mol. The molecule has 1 aromatic carbocycles. The van der Waals surface area contributed by atoms with Gasteiger partial charge in [-0.2, -0.15) is 0 Å². The van der Waals surface area contributed by atoms with E-state index in [0.717, 1.165) is 15.2 Å². The fraction of sp³-hybridized carbons (Fsp3) is 0.176. The molecule has 10 heteroatoms. The standard InChI is InChI=1S/C17H14Cl2N4O4/c1-8-13(15(21-27-8)14-9(18)5-4-6-10(14)19)16(25)20-11-7-12(24)23(3)17(26)22(11)2/h4-7H,1-3H3,(H,20,25). The van der Waals surface area contributed by atoms with Crippen LogP contribution in [-0.2, 0) is 14.1 Å². The number of carbonyl (C=O) groups excluding carboxylic acids is 1. The molecule has 0 radical (unpaired) electrons. The van der Waals surface area contributed by atoms with Crippen LogP contribution in [0.4, 0.5) is 5.82 Å². The van der Waals surface area contributed by atoms with Gasteiger partial charge in [0.15, 0.2) is 0 Å². The van der Waals surface area contributed by atoms with Gasteiger partial charge in [-0.3, -0.25) is 18.7 Å². The van der Waals surface area contributed by atoms with Crippen molar-refractivity contribution in [3.63, 3.8) is 0 Å². The molecule has 3 aromatic rings. The first-order chi connectivity index (χ1) is 12.7. The second kappa shape index (κ2) is 7.05. The van der Waals surface area contributed by atoms with E-state index in [1.54, 1.807) is 25.1 Å². The van der Waals surface area contributed by atoms with Crippen LogP contribution in [0.5, 0.6) is 0 Å². The molecule has 2 heterocycles. The predicted octanol–water partition coefficient (Wildman–Crippen LogP) is 2.61. The lowest BCUT2D eigenvalue weighted by atomic mass is 10.1. The number of benzene rings is 1. The zero-order valence-electron chi connectivity index (χ0n) is 14.5. The molecule has 0 unspecified atom stereocenters. The maximum absolute atomic E-state index is 12.9. The molecule has 1 N–H and O–H groups in total. The summed E-state index contributed by atoms with van der Waals surface area (Å²) in [6, 6.07) is 6.03. The van der Waals surface area contributed by atoms with E-state index < -0.39 is 17.2 Å². The topological polar surface area (TPSA) is 99.1 Å². The summed E-state index contributed by atoms with van der Waals surface area (Å²) in [5.74, 6) is -0.361.